The summed E-state index contributed by atoms with van der Waals surface area (Å²) in [4.78, 5) is 53.6. The van der Waals surface area contributed by atoms with Crippen LogP contribution < -0.4 is 10.5 Å². The van der Waals surface area contributed by atoms with Crippen molar-refractivity contribution in [3.63, 3.8) is 0 Å². The Balaban J connectivity index is 0.000000116. The Bertz CT molecular complexity index is 4080. The third-order valence-electron chi connectivity index (χ3n) is 19.5. The van der Waals surface area contributed by atoms with Gasteiger partial charge in [0.05, 0.1) is 47.8 Å². The minimum Gasteiger partial charge on any atom is -0.480 e. The molecule has 4 aliphatic heterocycles. The predicted octanol–water partition coefficient (Wildman–Crippen LogP) is 14.3. The number of ether oxygens (including phenoxy) is 4. The molecule has 0 bridgehead atoms. The van der Waals surface area contributed by atoms with Gasteiger partial charge < -0.3 is 24.7 Å². The average Bonchev–Trinajstić information content (AvgIpc) is 2.12. The van der Waals surface area contributed by atoms with Gasteiger partial charge in [-0.1, -0.05) is 86.3 Å². The van der Waals surface area contributed by atoms with E-state index in [0.29, 0.717) is 24.8 Å². The van der Waals surface area contributed by atoms with Crippen molar-refractivity contribution in [1.29, 1.82) is 0 Å². The fourth-order valence-corrected chi connectivity index (χ4v) is 15.4. The smallest absolute Gasteiger partial charge is 0.232 e. The maximum Gasteiger partial charge on any atom is 0.232 e. The second-order valence-electron chi connectivity index (χ2n) is 25.0. The Hall–Kier alpha value is -8.76. The summed E-state index contributed by atoms with van der Waals surface area (Å²) in [6.07, 6.45) is 25.1. The fourth-order valence-electron chi connectivity index (χ4n) is 14.9. The Morgan fingerprint density at radius 2 is 1.20 bits per heavy atom. The minimum atomic E-state index is -0.704. The van der Waals surface area contributed by atoms with Crippen molar-refractivity contribution in [3.8, 4) is 50.6 Å². The molecule has 16 rings (SSSR count). The average molecular weight is 1220 g/mol. The maximum atomic E-state index is 13.0. The number of aryl methyl sites for hydroxylation is 1. The van der Waals surface area contributed by atoms with Crippen LogP contribution in [0, 0.1) is 0 Å². The summed E-state index contributed by atoms with van der Waals surface area (Å²) >= 11 is 1.65. The normalized spacial score (nSPS) is 24.6. The summed E-state index contributed by atoms with van der Waals surface area (Å²) in [6.45, 7) is 10.4. The van der Waals surface area contributed by atoms with Crippen LogP contribution in [0.2, 0.25) is 0 Å². The number of carbonyl (C=O) groups is 1. The number of benzene rings is 4. The number of nitrogens with zero attached hydrogens (tertiary/aromatic N) is 9. The summed E-state index contributed by atoms with van der Waals surface area (Å²) in [5.41, 5.74) is 26.4. The number of fused-ring (bicyclic) bond motifs is 4. The van der Waals surface area contributed by atoms with E-state index in [9.17, 15) is 4.79 Å². The van der Waals surface area contributed by atoms with Crippen molar-refractivity contribution in [2.45, 2.75) is 166 Å². The molecule has 16 heteroatoms. The van der Waals surface area contributed by atoms with Gasteiger partial charge in [0.25, 0.3) is 0 Å². The number of amidine groups is 1. The Kier molecular flexibility index (Phi) is 17.5. The molecule has 0 radical (unpaired) electrons. The zero-order valence-corrected chi connectivity index (χ0v) is 52.5. The topological polar surface area (TPSA) is 194 Å². The van der Waals surface area contributed by atoms with Crippen LogP contribution in [0.1, 0.15) is 136 Å². The number of hydrogen-bond acceptors (Lipinski definition) is 16. The van der Waals surface area contributed by atoms with Gasteiger partial charge in [0.2, 0.25) is 5.88 Å². The molecule has 0 amide bonds. The van der Waals surface area contributed by atoms with Crippen LogP contribution in [0.3, 0.4) is 0 Å². The lowest BCUT2D eigenvalue weighted by molar-refractivity contribution is 0.0835. The fraction of sp³-hybridized carbons (Fsp3) is 0.378. The lowest BCUT2D eigenvalue weighted by atomic mass is 9.74. The van der Waals surface area contributed by atoms with Crippen LogP contribution in [0.25, 0.3) is 44.8 Å². The van der Waals surface area contributed by atoms with E-state index >= 15 is 0 Å². The van der Waals surface area contributed by atoms with Crippen LogP contribution in [-0.4, -0.2) is 102 Å². The first-order chi connectivity index (χ1) is 43.2. The van der Waals surface area contributed by atoms with Gasteiger partial charge in [0.1, 0.15) is 29.9 Å². The van der Waals surface area contributed by atoms with Gasteiger partial charge in [-0.15, -0.1) is 11.3 Å². The molecule has 4 aromatic carbocycles. The van der Waals surface area contributed by atoms with Crippen LogP contribution in [0.15, 0.2) is 165 Å². The van der Waals surface area contributed by atoms with E-state index in [0.717, 1.165) is 134 Å². The minimum absolute atomic E-state index is 0. The molecule has 462 valence electrons. The predicted molar refractivity (Wildman–Crippen MR) is 359 cm³/mol. The zero-order valence-electron chi connectivity index (χ0n) is 51.7. The number of nitrogens with two attached hydrogens (primary N) is 1. The Labute approximate surface area is 532 Å². The molecule has 15 nitrogen and oxygen atoms in total. The molecule has 0 saturated carbocycles. The quantitative estimate of drug-likeness (QED) is 0.172. The van der Waals surface area contributed by atoms with Gasteiger partial charge in [-0.2, -0.15) is 0 Å². The van der Waals surface area contributed by atoms with Gasteiger partial charge in [0.15, 0.2) is 29.0 Å². The standard InChI is InChI=1S/C19H22N4O.C19H20N2O.C18H16N2O2.C17H18N2OS.CH4/c1-24-18-12-21-11-16(22-18)14-5-4-13-3-2-7-19(10-15(13)9-14)8-6-17(20)23-19;1-13-19(21-14(2)22-13)9-8-18-15(11-19)5-3-7-17(18)16-6-4-10-20-12-16;1-12-20-18(11-22-12)8-7-15-14(13-4-3-9-19-10-13)5-2-6-16(15)17(18)21;1-11-17(19-12(2)20-11)7-6-14-13(8-17)4-3-5-15(14)16-9-21-10-18-16;/h4-5,9,11-12H,2-3,6-8,10H2,1H3,(H2,20,23);3-7,10,12-13H,8-9,11H2,1-2H3;2-6,9-10H,7-8,11H2,1H3;3-5,9-11H,6-8H2,1-2H3;1H4/t19-;13-,19+;;11?,17-;/m11.0./s1. The van der Waals surface area contributed by atoms with E-state index in [2.05, 4.69) is 116 Å². The monoisotopic (exact) mass is 1220 g/mol. The zero-order chi connectivity index (χ0) is 61.3. The van der Waals surface area contributed by atoms with Gasteiger partial charge >= 0.3 is 0 Å². The van der Waals surface area contributed by atoms with E-state index < -0.39 is 5.54 Å². The molecular weight excluding hydrogens is 1140 g/mol. The van der Waals surface area contributed by atoms with E-state index in [4.69, 9.17) is 39.7 Å². The van der Waals surface area contributed by atoms with Crippen LogP contribution >= 0.6 is 11.3 Å². The molecule has 6 atom stereocenters. The highest BCUT2D eigenvalue weighted by Crippen LogP contribution is 2.45. The SMILES string of the molecule is C.CC1=NC2(CCc3c(cccc3-c3cccnc3)C2=O)CO1.CC1=N[C@]2(CCc3c(cccc3-c3cccnc3)C2)[C@@H](C)O1.CC1=N[C@]2(CCc3c(cccc3-c3cscn3)C2)C(C)O1.COc1cncc(-c2ccc3c(c2)C[C@@]2(CCC3)CCC(N)=N2)n1. The first-order valence-corrected chi connectivity index (χ1v) is 32.2. The van der Waals surface area contributed by atoms with E-state index in [1.165, 1.54) is 56.5 Å². The van der Waals surface area contributed by atoms with Crippen molar-refractivity contribution >= 4 is 40.6 Å². The largest absolute Gasteiger partial charge is 0.480 e. The number of pyridine rings is 2. The molecule has 8 heterocycles. The maximum absolute atomic E-state index is 13.0. The number of rotatable bonds is 5. The van der Waals surface area contributed by atoms with Crippen LogP contribution in [0.5, 0.6) is 5.88 Å². The second kappa shape index (κ2) is 25.6. The van der Waals surface area contributed by atoms with Crippen molar-refractivity contribution in [1.82, 2.24) is 24.9 Å². The second-order valence-corrected chi connectivity index (χ2v) is 25.7. The molecule has 0 saturated heterocycles. The molecule has 90 heavy (non-hydrogen) atoms. The van der Waals surface area contributed by atoms with Crippen LogP contribution in [0.4, 0.5) is 0 Å². The van der Waals surface area contributed by atoms with E-state index in [1.54, 1.807) is 37.0 Å². The van der Waals surface area contributed by atoms with E-state index in [-0.39, 0.29) is 42.0 Å². The third-order valence-corrected chi connectivity index (χ3v) is 20.0. The number of hydrogen-bond donors (Lipinski definition) is 1. The van der Waals surface area contributed by atoms with Gasteiger partial charge in [0, 0.05) is 98.0 Å². The lowest BCUT2D eigenvalue weighted by Gasteiger charge is -2.35. The molecule has 0 fully saturated rings. The number of methoxy groups -OCH3 is 1. The number of aliphatic imine (C=N–C) groups is 4. The number of thiazole rings is 1. The summed E-state index contributed by atoms with van der Waals surface area (Å²) in [6, 6.07) is 33.7. The summed E-state index contributed by atoms with van der Waals surface area (Å²) in [5.74, 6) is 3.71. The first kappa shape index (κ1) is 61.5. The molecule has 2 N–H and O–H groups in total. The summed E-state index contributed by atoms with van der Waals surface area (Å²) in [7, 11) is 1.61. The molecule has 2 unspecified atom stereocenters. The van der Waals surface area contributed by atoms with Crippen molar-refractivity contribution < 1.29 is 23.7 Å². The third kappa shape index (κ3) is 12.2. The van der Waals surface area contributed by atoms with Crippen molar-refractivity contribution in [2.24, 2.45) is 25.7 Å². The highest BCUT2D eigenvalue weighted by molar-refractivity contribution is 7.07. The summed E-state index contributed by atoms with van der Waals surface area (Å²) in [5, 5.41) is 2.13. The Morgan fingerprint density at radius 3 is 1.78 bits per heavy atom. The van der Waals surface area contributed by atoms with Crippen molar-refractivity contribution in [2.75, 3.05) is 13.7 Å². The molecule has 4 aliphatic carbocycles. The lowest BCUT2D eigenvalue weighted by Crippen LogP contribution is -2.42. The van der Waals surface area contributed by atoms with Crippen molar-refractivity contribution in [3.05, 3.63) is 190 Å². The van der Waals surface area contributed by atoms with Gasteiger partial charge in [-0.05, 0) is 153 Å². The highest BCUT2D eigenvalue weighted by Gasteiger charge is 2.48. The number of carbonyl (C=O) groups excluding carboxylic acids is 1. The van der Waals surface area contributed by atoms with Gasteiger partial charge in [-0.25, -0.2) is 24.9 Å². The van der Waals surface area contributed by atoms with Crippen LogP contribution in [-0.2, 0) is 59.2 Å². The molecule has 4 spiro atoms. The number of aromatic nitrogens is 5. The number of ketones is 1. The molecule has 4 aromatic heterocycles. The van der Waals surface area contributed by atoms with E-state index in [1.807, 2.05) is 75.2 Å². The highest BCUT2D eigenvalue weighted by atomic mass is 32.1. The Morgan fingerprint density at radius 1 is 0.567 bits per heavy atom. The molecule has 8 aliphatic rings. The summed E-state index contributed by atoms with van der Waals surface area (Å²) < 4.78 is 22.3. The number of Topliss-reactive ketones (excluding diaryl/α,β-unsaturated/α-hetero) is 1. The van der Waals surface area contributed by atoms with Gasteiger partial charge in [-0.3, -0.25) is 24.7 Å². The molecule has 8 aromatic rings. The first-order valence-electron chi connectivity index (χ1n) is 31.3. The molecular formula is C74H80N10O5S.